The summed E-state index contributed by atoms with van der Waals surface area (Å²) in [6.45, 7) is 0. The number of ether oxygens (including phenoxy) is 7. The van der Waals surface area contributed by atoms with Gasteiger partial charge in [-0.3, -0.25) is 9.59 Å². The van der Waals surface area contributed by atoms with Crippen LogP contribution in [0, 0.1) is 0 Å². The Kier molecular flexibility index (Phi) is 12.6. The molecule has 0 saturated heterocycles. The molecule has 286 valence electrons. The maximum Gasteiger partial charge on any atom is 0.201 e. The molecule has 0 atom stereocenters. The average molecular weight is 789 g/mol. The van der Waals surface area contributed by atoms with E-state index in [1.54, 1.807) is 79.4 Å². The molecule has 6 rings (SSSR count). The van der Waals surface area contributed by atoms with Crippen LogP contribution >= 0.6 is 22.7 Å². The third-order valence-corrected chi connectivity index (χ3v) is 10.9. The molecule has 0 spiro atoms. The van der Waals surface area contributed by atoms with Gasteiger partial charge in [0.15, 0.2) is 17.3 Å². The summed E-state index contributed by atoms with van der Waals surface area (Å²) in [6, 6.07) is 27.5. The van der Waals surface area contributed by atoms with Crippen molar-refractivity contribution in [1.82, 2.24) is 0 Å². The lowest BCUT2D eigenvalue weighted by Crippen LogP contribution is -2.10. The summed E-state index contributed by atoms with van der Waals surface area (Å²) in [5.41, 5.74) is 3.70. The molecule has 0 amide bonds. The number of benzene rings is 4. The second kappa shape index (κ2) is 17.9. The number of allylic oxidation sites excluding steroid dienone is 4. The highest BCUT2D eigenvalue weighted by Gasteiger charge is 2.27. The Hall–Kier alpha value is -6.30. The molecule has 9 nitrogen and oxygen atoms in total. The molecule has 6 aromatic rings. The monoisotopic (exact) mass is 788 g/mol. The molecular weight excluding hydrogens is 749 g/mol. The predicted octanol–water partition coefficient (Wildman–Crippen LogP) is 10.4. The molecule has 0 aliphatic heterocycles. The van der Waals surface area contributed by atoms with E-state index in [1.165, 1.54) is 35.5 Å². The van der Waals surface area contributed by atoms with Crippen LogP contribution in [0.3, 0.4) is 0 Å². The molecule has 11 heteroatoms. The van der Waals surface area contributed by atoms with Crippen molar-refractivity contribution in [1.29, 1.82) is 0 Å². The number of ketones is 2. The fourth-order valence-electron chi connectivity index (χ4n) is 6.27. The zero-order chi connectivity index (χ0) is 39.8. The number of carbonyl (C=O) groups is 2. The maximum absolute atomic E-state index is 15.2. The van der Waals surface area contributed by atoms with Crippen molar-refractivity contribution < 1.29 is 42.7 Å². The number of rotatable bonds is 16. The third-order valence-electron chi connectivity index (χ3n) is 9.08. The largest absolute Gasteiger partial charge is 0.496 e. The first-order chi connectivity index (χ1) is 27.3. The first-order valence-corrected chi connectivity index (χ1v) is 19.0. The van der Waals surface area contributed by atoms with Gasteiger partial charge in [-0.2, -0.15) is 0 Å². The third kappa shape index (κ3) is 8.05. The summed E-state index contributed by atoms with van der Waals surface area (Å²) >= 11 is 3.15. The zero-order valence-electron chi connectivity index (χ0n) is 32.0. The smallest absolute Gasteiger partial charge is 0.201 e. The van der Waals surface area contributed by atoms with E-state index in [-0.39, 0.29) is 34.0 Å². The molecule has 0 aliphatic carbocycles. The normalized spacial score (nSPS) is 11.5. The van der Waals surface area contributed by atoms with Crippen molar-refractivity contribution >= 4 is 45.4 Å². The molecule has 0 bridgehead atoms. The van der Waals surface area contributed by atoms with Gasteiger partial charge in [0.1, 0.15) is 34.3 Å². The molecule has 4 aromatic carbocycles. The highest BCUT2D eigenvalue weighted by molar-refractivity contribution is 7.13. The second-order valence-corrected chi connectivity index (χ2v) is 14.0. The minimum absolute atomic E-state index is 0.157. The lowest BCUT2D eigenvalue weighted by molar-refractivity contribution is 0.104. The number of methoxy groups -OCH3 is 7. The van der Waals surface area contributed by atoms with E-state index in [9.17, 15) is 4.79 Å². The van der Waals surface area contributed by atoms with E-state index >= 15 is 4.79 Å². The maximum atomic E-state index is 15.2. The SMILES string of the molecule is COc1cc(OC)c(C(=O)C(=CC=C(C(=O)c2ccc(OC)c(OC)c2)c2cc(-c3cccs3)ccc2OC)c2cc(-c3cccs3)ccc2OC)c(OC)c1. The molecule has 56 heavy (non-hydrogen) atoms. The van der Waals surface area contributed by atoms with Crippen LogP contribution in [0.2, 0.25) is 0 Å². The van der Waals surface area contributed by atoms with Crippen molar-refractivity contribution in [3.63, 3.8) is 0 Å². The van der Waals surface area contributed by atoms with Gasteiger partial charge >= 0.3 is 0 Å². The van der Waals surface area contributed by atoms with Crippen LogP contribution in [0.1, 0.15) is 31.8 Å². The van der Waals surface area contributed by atoms with Gasteiger partial charge < -0.3 is 33.2 Å². The molecule has 0 N–H and O–H groups in total. The van der Waals surface area contributed by atoms with Crippen LogP contribution in [0.4, 0.5) is 0 Å². The highest BCUT2D eigenvalue weighted by Crippen LogP contribution is 2.42. The Morgan fingerprint density at radius 2 is 0.929 bits per heavy atom. The van der Waals surface area contributed by atoms with E-state index in [1.807, 2.05) is 71.4 Å². The highest BCUT2D eigenvalue weighted by atomic mass is 32.1. The van der Waals surface area contributed by atoms with Crippen LogP contribution < -0.4 is 33.2 Å². The van der Waals surface area contributed by atoms with Gasteiger partial charge in [0, 0.05) is 49.7 Å². The number of hydrogen-bond acceptors (Lipinski definition) is 11. The van der Waals surface area contributed by atoms with Crippen LogP contribution in [0.25, 0.3) is 32.0 Å². The van der Waals surface area contributed by atoms with Crippen molar-refractivity contribution in [2.24, 2.45) is 0 Å². The number of Topliss-reactive ketones (excluding diaryl/α,β-unsaturated/α-hetero) is 2. The Bertz CT molecular complexity index is 2380. The minimum atomic E-state index is -0.448. The Balaban J connectivity index is 1.67. The van der Waals surface area contributed by atoms with Crippen LogP contribution in [-0.4, -0.2) is 61.3 Å². The molecule has 0 aliphatic rings. The molecule has 2 heterocycles. The number of hydrogen-bond donors (Lipinski definition) is 0. The Morgan fingerprint density at radius 1 is 0.464 bits per heavy atom. The van der Waals surface area contributed by atoms with Gasteiger partial charge in [-0.25, -0.2) is 0 Å². The van der Waals surface area contributed by atoms with Crippen LogP contribution in [0.15, 0.2) is 114 Å². The van der Waals surface area contributed by atoms with Crippen molar-refractivity contribution in [3.05, 3.63) is 136 Å². The zero-order valence-corrected chi connectivity index (χ0v) is 33.6. The van der Waals surface area contributed by atoms with Gasteiger partial charge in [0.2, 0.25) is 5.78 Å². The van der Waals surface area contributed by atoms with Crippen molar-refractivity contribution in [3.8, 4) is 61.1 Å². The molecule has 2 aromatic heterocycles. The van der Waals surface area contributed by atoms with Crippen LogP contribution in [0.5, 0.6) is 40.2 Å². The second-order valence-electron chi connectivity index (χ2n) is 12.1. The summed E-state index contributed by atoms with van der Waals surface area (Å²) in [4.78, 5) is 32.0. The molecule has 0 unspecified atom stereocenters. The van der Waals surface area contributed by atoms with E-state index < -0.39 is 5.78 Å². The first-order valence-electron chi connectivity index (χ1n) is 17.3. The quantitative estimate of drug-likeness (QED) is 0.0539. The topological polar surface area (TPSA) is 98.8 Å². The Labute approximate surface area is 333 Å². The van der Waals surface area contributed by atoms with Gasteiger partial charge in [0.25, 0.3) is 0 Å². The number of carbonyl (C=O) groups excluding carboxylic acids is 2. The molecule has 0 saturated carbocycles. The van der Waals surface area contributed by atoms with Gasteiger partial charge in [-0.15, -0.1) is 22.7 Å². The van der Waals surface area contributed by atoms with Crippen LogP contribution in [-0.2, 0) is 0 Å². The Morgan fingerprint density at radius 3 is 1.36 bits per heavy atom. The fourth-order valence-corrected chi connectivity index (χ4v) is 7.72. The average Bonchev–Trinajstić information content (AvgIpc) is 4.00. The number of thiophene rings is 2. The van der Waals surface area contributed by atoms with E-state index in [4.69, 9.17) is 33.2 Å². The lowest BCUT2D eigenvalue weighted by atomic mass is 9.90. The molecule has 0 fully saturated rings. The minimum Gasteiger partial charge on any atom is -0.496 e. The van der Waals surface area contributed by atoms with E-state index in [2.05, 4.69) is 0 Å². The molecular formula is C45H40O9S2. The standard InChI is InChI=1S/C45H40O9S2/c1-48-30-25-39(53-6)43(40(26-30)54-7)45(47)32(34-23-28(13-18-36(34)50-3)42-11-9-21-56-42)16-15-31(44(46)29-14-19-37(51-4)38(24-29)52-5)33-22-27(12-17-35(33)49-2)41-10-8-20-55-41/h8-26H,1-7H3. The van der Waals surface area contributed by atoms with E-state index in [0.29, 0.717) is 45.4 Å². The van der Waals surface area contributed by atoms with Gasteiger partial charge in [-0.05, 0) is 101 Å². The van der Waals surface area contributed by atoms with Crippen molar-refractivity contribution in [2.45, 2.75) is 0 Å². The summed E-state index contributed by atoms with van der Waals surface area (Å²) in [5.74, 6) is 1.88. The summed E-state index contributed by atoms with van der Waals surface area (Å²) in [7, 11) is 10.6. The van der Waals surface area contributed by atoms with E-state index in [0.717, 1.165) is 20.9 Å². The first kappa shape index (κ1) is 39.4. The molecule has 0 radical (unpaired) electrons. The van der Waals surface area contributed by atoms with Gasteiger partial charge in [0.05, 0.1) is 49.8 Å². The predicted molar refractivity (Wildman–Crippen MR) is 223 cm³/mol. The summed E-state index contributed by atoms with van der Waals surface area (Å²) < 4.78 is 39.7. The summed E-state index contributed by atoms with van der Waals surface area (Å²) in [5, 5.41) is 3.98. The lowest BCUT2D eigenvalue weighted by Gasteiger charge is -2.18. The fraction of sp³-hybridized carbons (Fsp3) is 0.156. The summed E-state index contributed by atoms with van der Waals surface area (Å²) in [6.07, 6.45) is 3.27. The van der Waals surface area contributed by atoms with Crippen molar-refractivity contribution in [2.75, 3.05) is 49.8 Å². The van der Waals surface area contributed by atoms with Gasteiger partial charge in [-0.1, -0.05) is 12.1 Å².